The van der Waals surface area contributed by atoms with Gasteiger partial charge in [-0.15, -0.1) is 18.2 Å². The van der Waals surface area contributed by atoms with Gasteiger partial charge in [-0.3, -0.25) is 0 Å². The van der Waals surface area contributed by atoms with Gasteiger partial charge in [0.05, 0.1) is 10.9 Å². The molecular formula is C10H9ClO5. The van der Waals surface area contributed by atoms with E-state index in [2.05, 4.69) is 6.58 Å². The molecule has 16 heavy (non-hydrogen) atoms. The molecule has 1 atom stereocenters. The molecule has 6 heteroatoms. The predicted octanol–water partition coefficient (Wildman–Crippen LogP) is 1.97. The Balaban J connectivity index is 3.60. The summed E-state index contributed by atoms with van der Waals surface area (Å²) >= 11 is 5.74. The Morgan fingerprint density at radius 1 is 1.38 bits per heavy atom. The zero-order valence-corrected chi connectivity index (χ0v) is 8.77. The minimum Gasteiger partial charge on any atom is -0.504 e. The van der Waals surface area contributed by atoms with Gasteiger partial charge in [-0.2, -0.15) is 0 Å². The molecule has 0 aliphatic heterocycles. The number of benzene rings is 1. The van der Waals surface area contributed by atoms with E-state index in [1.165, 1.54) is 6.08 Å². The Morgan fingerprint density at radius 2 is 1.94 bits per heavy atom. The lowest BCUT2D eigenvalue weighted by Crippen LogP contribution is -2.04. The number of hydrogen-bond acceptors (Lipinski definition) is 4. The summed E-state index contributed by atoms with van der Waals surface area (Å²) in [5.74, 6) is -3.69. The maximum atomic E-state index is 10.9. The Morgan fingerprint density at radius 3 is 2.38 bits per heavy atom. The molecule has 0 heterocycles. The highest BCUT2D eigenvalue weighted by atomic mass is 35.5. The van der Waals surface area contributed by atoms with E-state index < -0.39 is 34.2 Å². The van der Waals surface area contributed by atoms with E-state index in [-0.39, 0.29) is 5.56 Å². The fourth-order valence-corrected chi connectivity index (χ4v) is 1.45. The third-order valence-electron chi connectivity index (χ3n) is 2.01. The van der Waals surface area contributed by atoms with Gasteiger partial charge < -0.3 is 20.4 Å². The van der Waals surface area contributed by atoms with E-state index >= 15 is 0 Å². The number of carboxylic acids is 1. The third-order valence-corrected chi connectivity index (χ3v) is 2.40. The second kappa shape index (κ2) is 4.32. The Labute approximate surface area is 95.8 Å². The van der Waals surface area contributed by atoms with Gasteiger partial charge in [0.2, 0.25) is 5.75 Å². The van der Waals surface area contributed by atoms with E-state index in [4.69, 9.17) is 21.8 Å². The van der Waals surface area contributed by atoms with Crippen molar-refractivity contribution in [2.45, 2.75) is 5.38 Å². The molecule has 1 rings (SSSR count). The molecule has 1 aromatic carbocycles. The topological polar surface area (TPSA) is 98.0 Å². The lowest BCUT2D eigenvalue weighted by atomic mass is 10.0. The van der Waals surface area contributed by atoms with E-state index in [9.17, 15) is 15.0 Å². The van der Waals surface area contributed by atoms with Crippen molar-refractivity contribution in [3.8, 4) is 17.2 Å². The van der Waals surface area contributed by atoms with Crippen LogP contribution in [-0.4, -0.2) is 26.4 Å². The zero-order valence-electron chi connectivity index (χ0n) is 8.01. The lowest BCUT2D eigenvalue weighted by Gasteiger charge is -2.13. The number of aromatic carboxylic acids is 1. The minimum atomic E-state index is -1.38. The maximum Gasteiger partial charge on any atom is 0.336 e. The number of carbonyl (C=O) groups is 1. The van der Waals surface area contributed by atoms with Gasteiger partial charge in [0, 0.05) is 5.56 Å². The van der Waals surface area contributed by atoms with E-state index in [1.54, 1.807) is 0 Å². The molecule has 0 aliphatic rings. The smallest absolute Gasteiger partial charge is 0.336 e. The van der Waals surface area contributed by atoms with Gasteiger partial charge >= 0.3 is 5.97 Å². The monoisotopic (exact) mass is 244 g/mol. The summed E-state index contributed by atoms with van der Waals surface area (Å²) in [6.45, 7) is 3.35. The number of aromatic hydroxyl groups is 3. The molecule has 4 N–H and O–H groups in total. The van der Waals surface area contributed by atoms with Crippen LogP contribution < -0.4 is 0 Å². The van der Waals surface area contributed by atoms with Crippen LogP contribution in [0.25, 0.3) is 0 Å². The number of rotatable bonds is 3. The van der Waals surface area contributed by atoms with E-state index in [0.717, 1.165) is 6.07 Å². The summed E-state index contributed by atoms with van der Waals surface area (Å²) in [4.78, 5) is 10.9. The van der Waals surface area contributed by atoms with Crippen molar-refractivity contribution in [3.63, 3.8) is 0 Å². The Bertz CT molecular complexity index is 455. The fourth-order valence-electron chi connectivity index (χ4n) is 1.23. The number of alkyl halides is 1. The van der Waals surface area contributed by atoms with Crippen LogP contribution in [0, 0.1) is 0 Å². The highest BCUT2D eigenvalue weighted by Gasteiger charge is 2.24. The number of allylic oxidation sites excluding steroid dienone is 1. The molecule has 0 amide bonds. The molecule has 0 aromatic heterocycles. The molecule has 1 aromatic rings. The predicted molar refractivity (Wildman–Crippen MR) is 57.2 cm³/mol. The first-order valence-corrected chi connectivity index (χ1v) is 4.61. The highest BCUT2D eigenvalue weighted by Crippen LogP contribution is 2.44. The van der Waals surface area contributed by atoms with Gasteiger partial charge in [-0.25, -0.2) is 4.79 Å². The van der Waals surface area contributed by atoms with Crippen molar-refractivity contribution in [2.24, 2.45) is 0 Å². The van der Waals surface area contributed by atoms with Crippen LogP contribution in [0.5, 0.6) is 17.2 Å². The molecule has 0 saturated carbocycles. The molecule has 86 valence electrons. The van der Waals surface area contributed by atoms with Crippen LogP contribution in [0.2, 0.25) is 0 Å². The molecule has 0 fully saturated rings. The van der Waals surface area contributed by atoms with Crippen LogP contribution in [-0.2, 0) is 0 Å². The second-order valence-corrected chi connectivity index (χ2v) is 3.47. The molecule has 0 radical (unpaired) electrons. The van der Waals surface area contributed by atoms with E-state index in [0.29, 0.717) is 0 Å². The first-order chi connectivity index (χ1) is 7.40. The molecule has 5 nitrogen and oxygen atoms in total. The van der Waals surface area contributed by atoms with Gasteiger partial charge in [-0.1, -0.05) is 6.08 Å². The standard InChI is InChI=1S/C10H9ClO5/c1-2-5(11)7-4(10(15)16)3-6(12)8(13)9(7)14/h2-3,5,12-14H,1H2,(H,15,16). The van der Waals surface area contributed by atoms with Crippen molar-refractivity contribution < 1.29 is 25.2 Å². The Hall–Kier alpha value is -1.88. The summed E-state index contributed by atoms with van der Waals surface area (Å²) in [5, 5.41) is 35.8. The van der Waals surface area contributed by atoms with Crippen molar-refractivity contribution in [2.75, 3.05) is 0 Å². The van der Waals surface area contributed by atoms with Crippen molar-refractivity contribution in [3.05, 3.63) is 29.8 Å². The Kier molecular flexibility index (Phi) is 3.29. The zero-order chi connectivity index (χ0) is 12.5. The van der Waals surface area contributed by atoms with Crippen molar-refractivity contribution in [1.29, 1.82) is 0 Å². The summed E-state index contributed by atoms with van der Waals surface area (Å²) < 4.78 is 0. The first-order valence-electron chi connectivity index (χ1n) is 4.17. The SMILES string of the molecule is C=CC(Cl)c1c(C(=O)O)cc(O)c(O)c1O. The molecule has 0 spiro atoms. The molecule has 0 bridgehead atoms. The van der Waals surface area contributed by atoms with Crippen LogP contribution in [0.1, 0.15) is 21.3 Å². The summed E-state index contributed by atoms with van der Waals surface area (Å²) in [6, 6.07) is 0.811. The summed E-state index contributed by atoms with van der Waals surface area (Å²) in [7, 11) is 0. The van der Waals surface area contributed by atoms with Gasteiger partial charge in [0.15, 0.2) is 11.5 Å². The highest BCUT2D eigenvalue weighted by molar-refractivity contribution is 6.23. The number of carboxylic acid groups (broad SMARTS) is 1. The lowest BCUT2D eigenvalue weighted by molar-refractivity contribution is 0.0694. The fraction of sp³-hybridized carbons (Fsp3) is 0.100. The largest absolute Gasteiger partial charge is 0.504 e. The van der Waals surface area contributed by atoms with Gasteiger partial charge in [-0.05, 0) is 6.07 Å². The molecule has 1 unspecified atom stereocenters. The summed E-state index contributed by atoms with van der Waals surface area (Å²) in [6.07, 6.45) is 1.19. The van der Waals surface area contributed by atoms with Crippen LogP contribution in [0.15, 0.2) is 18.7 Å². The number of halogens is 1. The minimum absolute atomic E-state index is 0.209. The number of phenolic OH excluding ortho intramolecular Hbond substituents is 3. The average Bonchev–Trinajstić information content (AvgIpc) is 2.24. The molecule has 0 saturated heterocycles. The quantitative estimate of drug-likeness (QED) is 0.370. The van der Waals surface area contributed by atoms with E-state index in [1.807, 2.05) is 0 Å². The molecule has 0 aliphatic carbocycles. The van der Waals surface area contributed by atoms with Crippen LogP contribution in [0.3, 0.4) is 0 Å². The maximum absolute atomic E-state index is 10.9. The van der Waals surface area contributed by atoms with Crippen LogP contribution >= 0.6 is 11.6 Å². The average molecular weight is 245 g/mol. The van der Waals surface area contributed by atoms with Crippen molar-refractivity contribution in [1.82, 2.24) is 0 Å². The van der Waals surface area contributed by atoms with Crippen LogP contribution in [0.4, 0.5) is 0 Å². The van der Waals surface area contributed by atoms with Gasteiger partial charge in [0.25, 0.3) is 0 Å². The normalized spacial score (nSPS) is 12.1. The first kappa shape index (κ1) is 12.2. The summed E-state index contributed by atoms with van der Waals surface area (Å²) in [5.41, 5.74) is -0.604. The third kappa shape index (κ3) is 1.90. The second-order valence-electron chi connectivity index (χ2n) is 3.00. The number of phenols is 3. The number of hydrogen-bond donors (Lipinski definition) is 4. The molecular weight excluding hydrogens is 236 g/mol. The van der Waals surface area contributed by atoms with Gasteiger partial charge in [0.1, 0.15) is 0 Å². The van der Waals surface area contributed by atoms with Crippen molar-refractivity contribution >= 4 is 17.6 Å².